The lowest BCUT2D eigenvalue weighted by atomic mass is 10.1. The summed E-state index contributed by atoms with van der Waals surface area (Å²) in [7, 11) is 0. The molecule has 9 heteroatoms. The molecule has 27 heavy (non-hydrogen) atoms. The van der Waals surface area contributed by atoms with E-state index >= 15 is 0 Å². The molecule has 1 aromatic heterocycles. The van der Waals surface area contributed by atoms with Crippen LogP contribution in [0.1, 0.15) is 16.1 Å². The summed E-state index contributed by atoms with van der Waals surface area (Å²) in [6, 6.07) is 11.2. The Morgan fingerprint density at radius 3 is 2.44 bits per heavy atom. The number of hydrogen-bond acceptors (Lipinski definition) is 2. The number of benzene rings is 2. The summed E-state index contributed by atoms with van der Waals surface area (Å²) in [5.74, 6) is -0.666. The Morgan fingerprint density at radius 1 is 1.04 bits per heavy atom. The van der Waals surface area contributed by atoms with Gasteiger partial charge >= 0.3 is 6.18 Å². The fraction of sp³-hybridized carbons (Fsp3) is 0.0556. The molecule has 0 saturated heterocycles. The Bertz CT molecular complexity index is 1020. The largest absolute Gasteiger partial charge is 0.451 e. The second-order valence-electron chi connectivity index (χ2n) is 5.43. The first-order valence-corrected chi connectivity index (χ1v) is 9.22. The van der Waals surface area contributed by atoms with Crippen LogP contribution in [0.25, 0.3) is 11.3 Å². The van der Waals surface area contributed by atoms with E-state index in [0.29, 0.717) is 24.9 Å². The average molecular weight is 526 g/mol. The highest BCUT2D eigenvalue weighted by Gasteiger charge is 2.34. The van der Waals surface area contributed by atoms with E-state index in [1.54, 1.807) is 34.7 Å². The molecule has 0 aliphatic carbocycles. The predicted octanol–water partition coefficient (Wildman–Crippen LogP) is 7.13. The van der Waals surface area contributed by atoms with Crippen molar-refractivity contribution < 1.29 is 22.4 Å². The smallest absolute Gasteiger partial charge is 0.418 e. The monoisotopic (exact) mass is 525 g/mol. The van der Waals surface area contributed by atoms with Crippen LogP contribution in [-0.2, 0) is 6.18 Å². The predicted molar refractivity (Wildman–Crippen MR) is 106 cm³/mol. The summed E-state index contributed by atoms with van der Waals surface area (Å²) < 4.78 is 45.4. The number of nitrogens with one attached hydrogen (secondary N) is 1. The van der Waals surface area contributed by atoms with Gasteiger partial charge in [0.1, 0.15) is 5.76 Å². The van der Waals surface area contributed by atoms with E-state index in [1.807, 2.05) is 0 Å². The Labute approximate surface area is 175 Å². The standard InChI is InChI=1S/C18H9Cl2F3INO2/c19-9-1-3-11(13(20)7-9)15-5-6-16(27-15)17(26)25-14-4-2-10(24)8-12(14)18(21,22)23/h1-8H,(H,25,26). The van der Waals surface area contributed by atoms with E-state index in [-0.39, 0.29) is 11.4 Å². The molecule has 0 spiro atoms. The summed E-state index contributed by atoms with van der Waals surface area (Å²) in [4.78, 5) is 12.3. The van der Waals surface area contributed by atoms with Gasteiger partial charge < -0.3 is 9.73 Å². The Balaban J connectivity index is 1.88. The minimum absolute atomic E-state index is 0.150. The zero-order valence-corrected chi connectivity index (χ0v) is 16.9. The zero-order valence-electron chi connectivity index (χ0n) is 13.2. The van der Waals surface area contributed by atoms with Crippen LogP contribution >= 0.6 is 45.8 Å². The van der Waals surface area contributed by atoms with Crippen LogP contribution in [0.2, 0.25) is 10.0 Å². The summed E-state index contributed by atoms with van der Waals surface area (Å²) in [6.45, 7) is 0. The molecular weight excluding hydrogens is 517 g/mol. The van der Waals surface area contributed by atoms with Crippen molar-refractivity contribution in [1.29, 1.82) is 0 Å². The third-order valence-corrected chi connectivity index (χ3v) is 4.78. The van der Waals surface area contributed by atoms with Crippen LogP contribution < -0.4 is 5.32 Å². The van der Waals surface area contributed by atoms with Crippen molar-refractivity contribution in [2.24, 2.45) is 0 Å². The summed E-state index contributed by atoms with van der Waals surface area (Å²) in [6.07, 6.45) is -4.60. The summed E-state index contributed by atoms with van der Waals surface area (Å²) in [5.41, 5.74) is -0.781. The minimum atomic E-state index is -4.60. The van der Waals surface area contributed by atoms with E-state index in [2.05, 4.69) is 5.32 Å². The van der Waals surface area contributed by atoms with Crippen LogP contribution in [0.3, 0.4) is 0 Å². The molecule has 1 amide bonds. The first-order chi connectivity index (χ1) is 12.6. The maximum Gasteiger partial charge on any atom is 0.418 e. The third kappa shape index (κ3) is 4.59. The lowest BCUT2D eigenvalue weighted by Crippen LogP contribution is -2.16. The van der Waals surface area contributed by atoms with Crippen LogP contribution in [0.5, 0.6) is 0 Å². The van der Waals surface area contributed by atoms with Crippen molar-refractivity contribution in [1.82, 2.24) is 0 Å². The number of rotatable bonds is 3. The Hall–Kier alpha value is -1.71. The first-order valence-electron chi connectivity index (χ1n) is 7.38. The van der Waals surface area contributed by atoms with Crippen LogP contribution in [-0.4, -0.2) is 5.91 Å². The van der Waals surface area contributed by atoms with Gasteiger partial charge in [-0.1, -0.05) is 23.2 Å². The third-order valence-electron chi connectivity index (χ3n) is 3.56. The number of amides is 1. The molecular formula is C18H9Cl2F3INO2. The topological polar surface area (TPSA) is 42.2 Å². The molecule has 0 saturated carbocycles. The van der Waals surface area contributed by atoms with Gasteiger partial charge in [0, 0.05) is 14.2 Å². The number of anilines is 1. The normalized spacial score (nSPS) is 11.5. The fourth-order valence-corrected chi connectivity index (χ4v) is 3.33. The van der Waals surface area contributed by atoms with Crippen LogP contribution in [0, 0.1) is 3.57 Å². The Morgan fingerprint density at radius 2 is 1.78 bits per heavy atom. The molecule has 1 N–H and O–H groups in total. The minimum Gasteiger partial charge on any atom is -0.451 e. The highest BCUT2D eigenvalue weighted by atomic mass is 127. The number of halogens is 6. The summed E-state index contributed by atoms with van der Waals surface area (Å²) >= 11 is 13.7. The van der Waals surface area contributed by atoms with Gasteiger partial charge in [0.15, 0.2) is 5.76 Å². The van der Waals surface area contributed by atoms with Crippen molar-refractivity contribution >= 4 is 57.4 Å². The van der Waals surface area contributed by atoms with E-state index in [4.69, 9.17) is 27.6 Å². The van der Waals surface area contributed by atoms with Gasteiger partial charge in [0.2, 0.25) is 0 Å². The maximum absolute atomic E-state index is 13.2. The molecule has 1 heterocycles. The van der Waals surface area contributed by atoms with E-state index in [9.17, 15) is 18.0 Å². The number of carbonyl (C=O) groups excluding carboxylic acids is 1. The van der Waals surface area contributed by atoms with Gasteiger partial charge in [-0.05, 0) is 71.1 Å². The number of carbonyl (C=O) groups is 1. The Kier molecular flexibility index (Phi) is 5.73. The van der Waals surface area contributed by atoms with Gasteiger partial charge in [-0.25, -0.2) is 0 Å². The lowest BCUT2D eigenvalue weighted by Gasteiger charge is -2.13. The van der Waals surface area contributed by atoms with Crippen LogP contribution in [0.4, 0.5) is 18.9 Å². The molecule has 0 aliphatic heterocycles. The molecule has 0 bridgehead atoms. The van der Waals surface area contributed by atoms with E-state index < -0.39 is 17.6 Å². The molecule has 140 valence electrons. The number of furan rings is 1. The average Bonchev–Trinajstić information content (AvgIpc) is 3.05. The van der Waals surface area contributed by atoms with Crippen molar-refractivity contribution in [2.45, 2.75) is 6.18 Å². The molecule has 0 radical (unpaired) electrons. The second-order valence-corrected chi connectivity index (χ2v) is 7.52. The second kappa shape index (κ2) is 7.73. The quantitative estimate of drug-likeness (QED) is 0.370. The lowest BCUT2D eigenvalue weighted by molar-refractivity contribution is -0.137. The van der Waals surface area contributed by atoms with E-state index in [0.717, 1.165) is 6.07 Å². The molecule has 3 nitrogen and oxygen atoms in total. The fourth-order valence-electron chi connectivity index (χ4n) is 2.34. The van der Waals surface area contributed by atoms with Gasteiger partial charge in [0.05, 0.1) is 16.3 Å². The van der Waals surface area contributed by atoms with Crippen molar-refractivity contribution in [2.75, 3.05) is 5.32 Å². The van der Waals surface area contributed by atoms with Crippen molar-refractivity contribution in [3.05, 3.63) is 73.5 Å². The molecule has 3 aromatic rings. The zero-order chi connectivity index (χ0) is 19.8. The maximum atomic E-state index is 13.2. The molecule has 0 unspecified atom stereocenters. The highest BCUT2D eigenvalue weighted by molar-refractivity contribution is 14.1. The molecule has 2 aromatic carbocycles. The number of hydrogen-bond donors (Lipinski definition) is 1. The van der Waals surface area contributed by atoms with Gasteiger partial charge in [0.25, 0.3) is 5.91 Å². The molecule has 0 atom stereocenters. The SMILES string of the molecule is O=C(Nc1ccc(I)cc1C(F)(F)F)c1ccc(-c2ccc(Cl)cc2Cl)o1. The van der Waals surface area contributed by atoms with Crippen LogP contribution in [0.15, 0.2) is 52.9 Å². The van der Waals surface area contributed by atoms with Crippen molar-refractivity contribution in [3.63, 3.8) is 0 Å². The first kappa shape index (κ1) is 20.0. The summed E-state index contributed by atoms with van der Waals surface area (Å²) in [5, 5.41) is 3.00. The highest BCUT2D eigenvalue weighted by Crippen LogP contribution is 2.36. The van der Waals surface area contributed by atoms with Gasteiger partial charge in [-0.3, -0.25) is 4.79 Å². The van der Waals surface area contributed by atoms with Gasteiger partial charge in [-0.15, -0.1) is 0 Å². The van der Waals surface area contributed by atoms with E-state index in [1.165, 1.54) is 30.3 Å². The van der Waals surface area contributed by atoms with Gasteiger partial charge in [-0.2, -0.15) is 13.2 Å². The molecule has 3 rings (SSSR count). The van der Waals surface area contributed by atoms with Crippen molar-refractivity contribution in [3.8, 4) is 11.3 Å². The molecule has 0 fully saturated rings. The number of alkyl halides is 3. The molecule has 0 aliphatic rings.